The molecule has 1 saturated carbocycles. The van der Waals surface area contributed by atoms with E-state index in [0.717, 1.165) is 19.4 Å². The maximum absolute atomic E-state index is 11.8. The van der Waals surface area contributed by atoms with Crippen LogP contribution in [0.15, 0.2) is 0 Å². The topological polar surface area (TPSA) is 58.6 Å². The van der Waals surface area contributed by atoms with E-state index in [-0.39, 0.29) is 11.9 Å². The Morgan fingerprint density at radius 3 is 2.59 bits per heavy atom. The standard InChI is InChI=1S/C12H22N2O3/c1-3-14(10-5-6-10)11(15)9-13-8-7-12(16)17-4-2/h10,13H,3-9H2,1-2H3. The molecule has 0 radical (unpaired) electrons. The number of ether oxygens (including phenoxy) is 1. The van der Waals surface area contributed by atoms with Crippen LogP contribution in [0.25, 0.3) is 0 Å². The summed E-state index contributed by atoms with van der Waals surface area (Å²) >= 11 is 0. The number of rotatable bonds is 8. The van der Waals surface area contributed by atoms with Gasteiger partial charge >= 0.3 is 5.97 Å². The molecule has 0 aromatic rings. The zero-order valence-electron chi connectivity index (χ0n) is 10.7. The van der Waals surface area contributed by atoms with Crippen molar-refractivity contribution < 1.29 is 14.3 Å². The summed E-state index contributed by atoms with van der Waals surface area (Å²) in [6, 6.07) is 0.458. The monoisotopic (exact) mass is 242 g/mol. The second-order valence-corrected chi connectivity index (χ2v) is 4.14. The number of nitrogens with one attached hydrogen (secondary N) is 1. The van der Waals surface area contributed by atoms with E-state index in [9.17, 15) is 9.59 Å². The summed E-state index contributed by atoms with van der Waals surface area (Å²) in [6.07, 6.45) is 2.57. The third-order valence-corrected chi connectivity index (χ3v) is 2.74. The van der Waals surface area contributed by atoms with Gasteiger partial charge in [-0.3, -0.25) is 9.59 Å². The van der Waals surface area contributed by atoms with Crippen LogP contribution in [-0.2, 0) is 14.3 Å². The average molecular weight is 242 g/mol. The molecule has 0 bridgehead atoms. The maximum Gasteiger partial charge on any atom is 0.307 e. The van der Waals surface area contributed by atoms with Crippen LogP contribution >= 0.6 is 0 Å². The fourth-order valence-electron chi connectivity index (χ4n) is 1.74. The Hall–Kier alpha value is -1.10. The first-order chi connectivity index (χ1) is 8.19. The van der Waals surface area contributed by atoms with Crippen LogP contribution in [0.4, 0.5) is 0 Å². The van der Waals surface area contributed by atoms with Gasteiger partial charge in [0.15, 0.2) is 0 Å². The Morgan fingerprint density at radius 2 is 2.06 bits per heavy atom. The smallest absolute Gasteiger partial charge is 0.307 e. The molecule has 0 aromatic carbocycles. The lowest BCUT2D eigenvalue weighted by atomic mass is 10.4. The van der Waals surface area contributed by atoms with Crippen LogP contribution in [0.5, 0.6) is 0 Å². The molecule has 1 aliphatic carbocycles. The predicted molar refractivity (Wildman–Crippen MR) is 64.5 cm³/mol. The van der Waals surface area contributed by atoms with Crippen molar-refractivity contribution in [2.75, 3.05) is 26.2 Å². The van der Waals surface area contributed by atoms with Gasteiger partial charge in [0.05, 0.1) is 19.6 Å². The van der Waals surface area contributed by atoms with E-state index in [1.165, 1.54) is 0 Å². The van der Waals surface area contributed by atoms with Crippen molar-refractivity contribution in [2.24, 2.45) is 0 Å². The molecule has 0 aliphatic heterocycles. The van der Waals surface area contributed by atoms with E-state index in [1.54, 1.807) is 6.92 Å². The first kappa shape index (κ1) is 14.0. The molecule has 5 heteroatoms. The van der Waals surface area contributed by atoms with Crippen molar-refractivity contribution in [1.82, 2.24) is 10.2 Å². The van der Waals surface area contributed by atoms with E-state index < -0.39 is 0 Å². The van der Waals surface area contributed by atoms with Crippen LogP contribution < -0.4 is 5.32 Å². The molecule has 0 saturated heterocycles. The van der Waals surface area contributed by atoms with Crippen molar-refractivity contribution >= 4 is 11.9 Å². The molecule has 0 aromatic heterocycles. The summed E-state index contributed by atoms with van der Waals surface area (Å²) in [4.78, 5) is 24.7. The van der Waals surface area contributed by atoms with Crippen molar-refractivity contribution in [1.29, 1.82) is 0 Å². The van der Waals surface area contributed by atoms with E-state index in [4.69, 9.17) is 4.74 Å². The van der Waals surface area contributed by atoms with Crippen molar-refractivity contribution in [2.45, 2.75) is 39.2 Å². The Morgan fingerprint density at radius 1 is 1.35 bits per heavy atom. The molecule has 1 aliphatic rings. The average Bonchev–Trinajstić information content (AvgIpc) is 3.10. The van der Waals surface area contributed by atoms with Gasteiger partial charge in [0.1, 0.15) is 0 Å². The summed E-state index contributed by atoms with van der Waals surface area (Å²) in [5, 5.41) is 2.98. The van der Waals surface area contributed by atoms with Gasteiger partial charge in [-0.25, -0.2) is 0 Å². The first-order valence-electron chi connectivity index (χ1n) is 6.34. The van der Waals surface area contributed by atoms with Crippen LogP contribution in [0.3, 0.4) is 0 Å². The fourth-order valence-corrected chi connectivity index (χ4v) is 1.74. The molecule has 0 atom stereocenters. The molecular formula is C12H22N2O3. The lowest BCUT2D eigenvalue weighted by Crippen LogP contribution is -2.40. The number of carbonyl (C=O) groups excluding carboxylic acids is 2. The minimum atomic E-state index is -0.220. The molecule has 1 fully saturated rings. The second-order valence-electron chi connectivity index (χ2n) is 4.14. The molecule has 1 rings (SSSR count). The highest BCUT2D eigenvalue weighted by Crippen LogP contribution is 2.26. The van der Waals surface area contributed by atoms with Gasteiger partial charge in [-0.05, 0) is 26.7 Å². The van der Waals surface area contributed by atoms with E-state index >= 15 is 0 Å². The Labute approximate surface area is 102 Å². The second kappa shape index (κ2) is 7.27. The highest BCUT2D eigenvalue weighted by Gasteiger charge is 2.30. The number of carbonyl (C=O) groups is 2. The largest absolute Gasteiger partial charge is 0.466 e. The number of hydrogen-bond donors (Lipinski definition) is 1. The number of esters is 1. The highest BCUT2D eigenvalue weighted by molar-refractivity contribution is 5.79. The third-order valence-electron chi connectivity index (χ3n) is 2.74. The molecule has 17 heavy (non-hydrogen) atoms. The van der Waals surface area contributed by atoms with Gasteiger partial charge in [0.2, 0.25) is 5.91 Å². The van der Waals surface area contributed by atoms with E-state index in [1.807, 2.05) is 11.8 Å². The van der Waals surface area contributed by atoms with E-state index in [2.05, 4.69) is 5.32 Å². The Bertz CT molecular complexity index is 264. The third kappa shape index (κ3) is 5.17. The summed E-state index contributed by atoms with van der Waals surface area (Å²) in [5.74, 6) is -0.0964. The highest BCUT2D eigenvalue weighted by atomic mass is 16.5. The van der Waals surface area contributed by atoms with Crippen LogP contribution in [0.1, 0.15) is 33.1 Å². The normalized spacial score (nSPS) is 14.5. The van der Waals surface area contributed by atoms with E-state index in [0.29, 0.717) is 32.2 Å². The van der Waals surface area contributed by atoms with Gasteiger partial charge in [-0.15, -0.1) is 0 Å². The maximum atomic E-state index is 11.8. The molecule has 1 amide bonds. The van der Waals surface area contributed by atoms with Crippen molar-refractivity contribution in [3.63, 3.8) is 0 Å². The SMILES string of the molecule is CCOC(=O)CCNCC(=O)N(CC)C1CC1. The molecule has 0 spiro atoms. The molecule has 0 unspecified atom stereocenters. The Kier molecular flexibility index (Phi) is 5.97. The van der Waals surface area contributed by atoms with Gasteiger partial charge in [0, 0.05) is 19.1 Å². The van der Waals surface area contributed by atoms with Crippen molar-refractivity contribution in [3.05, 3.63) is 0 Å². The Balaban J connectivity index is 2.09. The number of amides is 1. The lowest BCUT2D eigenvalue weighted by Gasteiger charge is -2.20. The molecule has 5 nitrogen and oxygen atoms in total. The van der Waals surface area contributed by atoms with Gasteiger partial charge < -0.3 is 15.0 Å². The van der Waals surface area contributed by atoms with Crippen molar-refractivity contribution in [3.8, 4) is 0 Å². The summed E-state index contributed by atoms with van der Waals surface area (Å²) < 4.78 is 4.79. The minimum Gasteiger partial charge on any atom is -0.466 e. The quantitative estimate of drug-likeness (QED) is 0.498. The predicted octanol–water partition coefficient (Wildman–Crippen LogP) is 0.540. The number of likely N-dealkylation sites (N-methyl/N-ethyl adjacent to an activating group) is 1. The fraction of sp³-hybridized carbons (Fsp3) is 0.833. The van der Waals surface area contributed by atoms with Crippen LogP contribution in [0.2, 0.25) is 0 Å². The summed E-state index contributed by atoms with van der Waals surface area (Å²) in [5.41, 5.74) is 0. The number of nitrogens with zero attached hydrogens (tertiary/aromatic N) is 1. The lowest BCUT2D eigenvalue weighted by molar-refractivity contribution is -0.143. The molecule has 1 N–H and O–H groups in total. The molecular weight excluding hydrogens is 220 g/mol. The summed E-state index contributed by atoms with van der Waals surface area (Å²) in [6.45, 7) is 5.75. The van der Waals surface area contributed by atoms with Crippen LogP contribution in [-0.4, -0.2) is 49.1 Å². The van der Waals surface area contributed by atoms with Gasteiger partial charge in [0.25, 0.3) is 0 Å². The minimum absolute atomic E-state index is 0.124. The summed E-state index contributed by atoms with van der Waals surface area (Å²) in [7, 11) is 0. The zero-order valence-corrected chi connectivity index (χ0v) is 10.7. The first-order valence-corrected chi connectivity index (χ1v) is 6.34. The zero-order chi connectivity index (χ0) is 12.7. The molecule has 98 valence electrons. The van der Waals surface area contributed by atoms with Gasteiger partial charge in [-0.2, -0.15) is 0 Å². The van der Waals surface area contributed by atoms with Crippen LogP contribution in [0, 0.1) is 0 Å². The van der Waals surface area contributed by atoms with Gasteiger partial charge in [-0.1, -0.05) is 0 Å². The molecule has 0 heterocycles. The number of hydrogen-bond acceptors (Lipinski definition) is 4.